The largest absolute Gasteiger partial charge is 0.491 e. The van der Waals surface area contributed by atoms with Crippen LogP contribution in [0.15, 0.2) is 87.1 Å². The smallest absolute Gasteiger partial charge is 0.337 e. The Morgan fingerprint density at radius 1 is 0.902 bits per heavy atom. The second-order valence-electron chi connectivity index (χ2n) is 8.62. The van der Waals surface area contributed by atoms with Gasteiger partial charge in [0.2, 0.25) is 11.2 Å². The monoisotopic (exact) mass is 559 g/mol. The summed E-state index contributed by atoms with van der Waals surface area (Å²) in [7, 11) is 1.32. The van der Waals surface area contributed by atoms with Gasteiger partial charge < -0.3 is 28.1 Å². The minimum atomic E-state index is -0.459. The van der Waals surface area contributed by atoms with Crippen LogP contribution in [0, 0.1) is 0 Å². The summed E-state index contributed by atoms with van der Waals surface area (Å²) in [6.45, 7) is 2.18. The van der Waals surface area contributed by atoms with E-state index in [2.05, 4.69) is 10.0 Å². The molecule has 0 fully saturated rings. The first-order valence-corrected chi connectivity index (χ1v) is 12.9. The van der Waals surface area contributed by atoms with Gasteiger partial charge in [-0.1, -0.05) is 29.4 Å². The van der Waals surface area contributed by atoms with Crippen LogP contribution in [0.2, 0.25) is 0 Å². The number of benzene rings is 3. The molecule has 3 aromatic carbocycles. The van der Waals surface area contributed by atoms with Crippen LogP contribution in [0.4, 0.5) is 0 Å². The lowest BCUT2D eigenvalue weighted by Gasteiger charge is -2.13. The Bertz CT molecular complexity index is 1560. The number of carbonyl (C=O) groups is 1. The number of hydrogen-bond donors (Lipinski definition) is 0. The summed E-state index contributed by atoms with van der Waals surface area (Å²) >= 11 is 0. The topological polar surface area (TPSA) is 142 Å². The van der Waals surface area contributed by atoms with Gasteiger partial charge >= 0.3 is 5.97 Å². The molecule has 0 bridgehead atoms. The molecule has 0 spiro atoms. The van der Waals surface area contributed by atoms with Gasteiger partial charge in [-0.2, -0.15) is 0 Å². The molecule has 0 aliphatic carbocycles. The molecule has 0 N–H and O–H groups in total. The lowest BCUT2D eigenvalue weighted by molar-refractivity contribution is 0.0388. The highest BCUT2D eigenvalue weighted by Crippen LogP contribution is 2.32. The molecule has 41 heavy (non-hydrogen) atoms. The molecular formula is C30H29N3O8. The highest BCUT2D eigenvalue weighted by Gasteiger charge is 2.18. The molecule has 212 valence electrons. The first kappa shape index (κ1) is 29.2. The normalized spacial score (nSPS) is 10.7. The summed E-state index contributed by atoms with van der Waals surface area (Å²) < 4.78 is 33.4. The lowest BCUT2D eigenvalue weighted by atomic mass is 10.1. The van der Waals surface area contributed by atoms with Crippen molar-refractivity contribution in [2.24, 2.45) is 5.11 Å². The third-order valence-corrected chi connectivity index (χ3v) is 5.87. The fraction of sp³-hybridized carbons (Fsp3) is 0.267. The molecule has 4 rings (SSSR count). The number of hydrogen-bond acceptors (Lipinski definition) is 9. The van der Waals surface area contributed by atoms with Crippen LogP contribution in [-0.4, -0.2) is 52.7 Å². The Hall–Kier alpha value is -4.83. The molecule has 11 nitrogen and oxygen atoms in total. The van der Waals surface area contributed by atoms with E-state index in [9.17, 15) is 9.59 Å². The Morgan fingerprint density at radius 2 is 1.66 bits per heavy atom. The zero-order valence-corrected chi connectivity index (χ0v) is 22.5. The fourth-order valence-electron chi connectivity index (χ4n) is 3.90. The third kappa shape index (κ3) is 8.09. The molecule has 0 aliphatic heterocycles. The van der Waals surface area contributed by atoms with Crippen LogP contribution < -0.4 is 14.9 Å². The van der Waals surface area contributed by atoms with Crippen molar-refractivity contribution >= 4 is 16.9 Å². The van der Waals surface area contributed by atoms with Crippen LogP contribution in [0.25, 0.3) is 32.7 Å². The Labute approximate surface area is 235 Å². The fourth-order valence-corrected chi connectivity index (χ4v) is 3.90. The van der Waals surface area contributed by atoms with Crippen molar-refractivity contribution in [1.82, 2.24) is 0 Å². The predicted molar refractivity (Wildman–Crippen MR) is 151 cm³/mol. The summed E-state index contributed by atoms with van der Waals surface area (Å²) in [5.41, 5.74) is 10.1. The Balaban J connectivity index is 1.43. The van der Waals surface area contributed by atoms with E-state index in [0.29, 0.717) is 66.4 Å². The maximum Gasteiger partial charge on any atom is 0.337 e. The lowest BCUT2D eigenvalue weighted by Crippen LogP contribution is -2.11. The molecule has 1 heterocycles. The van der Waals surface area contributed by atoms with E-state index in [1.807, 2.05) is 0 Å². The first-order chi connectivity index (χ1) is 20.1. The van der Waals surface area contributed by atoms with Gasteiger partial charge in [-0.05, 0) is 59.6 Å². The predicted octanol–water partition coefficient (Wildman–Crippen LogP) is 5.55. The summed E-state index contributed by atoms with van der Waals surface area (Å²) in [4.78, 5) is 28.0. The van der Waals surface area contributed by atoms with E-state index in [1.165, 1.54) is 7.11 Å². The van der Waals surface area contributed by atoms with Gasteiger partial charge in [0.05, 0.1) is 44.5 Å². The molecule has 0 saturated heterocycles. The van der Waals surface area contributed by atoms with Gasteiger partial charge in [0, 0.05) is 17.0 Å². The van der Waals surface area contributed by atoms with Crippen LogP contribution in [-0.2, 0) is 20.8 Å². The van der Waals surface area contributed by atoms with E-state index < -0.39 is 5.97 Å². The van der Waals surface area contributed by atoms with Crippen molar-refractivity contribution in [3.8, 4) is 22.8 Å². The average Bonchev–Trinajstić information content (AvgIpc) is 3.01. The van der Waals surface area contributed by atoms with Crippen LogP contribution >= 0.6 is 0 Å². The maximum absolute atomic E-state index is 13.4. The van der Waals surface area contributed by atoms with Crippen molar-refractivity contribution in [1.29, 1.82) is 0 Å². The summed E-state index contributed by atoms with van der Waals surface area (Å²) in [5, 5.41) is 3.78. The molecule has 0 aliphatic rings. The van der Waals surface area contributed by atoms with Gasteiger partial charge in [0.1, 0.15) is 24.5 Å². The number of esters is 1. The SMILES string of the molecule is COC(=O)c1cccc(COc2c(-c3ccc(OCCOCCOCCN=[N+]=[N-])cc3)oc3ccccc3c2=O)c1. The first-order valence-electron chi connectivity index (χ1n) is 12.9. The molecule has 0 saturated carbocycles. The standard InChI is InChI=1S/C30H29N3O8/c1-36-30(35)23-6-4-5-21(19-23)20-40-29-27(34)25-7-2-3-8-26(25)41-28(29)22-9-11-24(12-10-22)39-18-17-38-16-15-37-14-13-32-33-31/h2-12,19H,13-18,20H2,1H3. The Kier molecular flexibility index (Phi) is 10.7. The van der Waals surface area contributed by atoms with Gasteiger partial charge in [-0.25, -0.2) is 4.79 Å². The van der Waals surface area contributed by atoms with Gasteiger partial charge in [-0.3, -0.25) is 4.79 Å². The van der Waals surface area contributed by atoms with E-state index in [4.69, 9.17) is 33.6 Å². The molecule has 11 heteroatoms. The molecular weight excluding hydrogens is 530 g/mol. The molecule has 4 aromatic rings. The second kappa shape index (κ2) is 15.1. The maximum atomic E-state index is 13.4. The number of ether oxygens (including phenoxy) is 5. The summed E-state index contributed by atoms with van der Waals surface area (Å²) in [6.07, 6.45) is 0. The number of azide groups is 1. The molecule has 0 atom stereocenters. The average molecular weight is 560 g/mol. The molecule has 0 amide bonds. The number of nitrogens with zero attached hydrogens (tertiary/aromatic N) is 3. The Morgan fingerprint density at radius 3 is 2.44 bits per heavy atom. The number of fused-ring (bicyclic) bond motifs is 1. The number of para-hydroxylation sites is 1. The molecule has 1 aromatic heterocycles. The highest BCUT2D eigenvalue weighted by atomic mass is 16.5. The zero-order chi connectivity index (χ0) is 28.9. The van der Waals surface area contributed by atoms with Crippen molar-refractivity contribution in [3.05, 3.63) is 105 Å². The summed E-state index contributed by atoms with van der Waals surface area (Å²) in [6, 6.07) is 20.9. The highest BCUT2D eigenvalue weighted by molar-refractivity contribution is 5.89. The summed E-state index contributed by atoms with van der Waals surface area (Å²) in [5.74, 6) is 0.511. The van der Waals surface area contributed by atoms with E-state index in [1.54, 1.807) is 72.8 Å². The van der Waals surface area contributed by atoms with Crippen molar-refractivity contribution in [3.63, 3.8) is 0 Å². The van der Waals surface area contributed by atoms with E-state index in [0.717, 1.165) is 0 Å². The van der Waals surface area contributed by atoms with Crippen LogP contribution in [0.5, 0.6) is 11.5 Å². The minimum Gasteiger partial charge on any atom is -0.491 e. The molecule has 0 radical (unpaired) electrons. The van der Waals surface area contributed by atoms with Crippen LogP contribution in [0.3, 0.4) is 0 Å². The van der Waals surface area contributed by atoms with Crippen molar-refractivity contribution in [2.75, 3.05) is 46.7 Å². The van der Waals surface area contributed by atoms with Crippen LogP contribution in [0.1, 0.15) is 15.9 Å². The van der Waals surface area contributed by atoms with Gasteiger partial charge in [0.15, 0.2) is 5.76 Å². The number of methoxy groups -OCH3 is 1. The number of carbonyl (C=O) groups excluding carboxylic acids is 1. The van der Waals surface area contributed by atoms with Gasteiger partial charge in [0.25, 0.3) is 0 Å². The zero-order valence-electron chi connectivity index (χ0n) is 22.5. The second-order valence-corrected chi connectivity index (χ2v) is 8.62. The number of rotatable bonds is 15. The van der Waals surface area contributed by atoms with Crippen molar-refractivity contribution in [2.45, 2.75) is 6.61 Å². The molecule has 0 unspecified atom stereocenters. The minimum absolute atomic E-state index is 0.0426. The van der Waals surface area contributed by atoms with Crippen molar-refractivity contribution < 1.29 is 32.9 Å². The third-order valence-electron chi connectivity index (χ3n) is 5.87. The van der Waals surface area contributed by atoms with E-state index >= 15 is 0 Å². The van der Waals surface area contributed by atoms with Gasteiger partial charge in [-0.15, -0.1) is 0 Å². The quantitative estimate of drug-likeness (QED) is 0.0607. The van der Waals surface area contributed by atoms with E-state index in [-0.39, 0.29) is 30.1 Å².